The van der Waals surface area contributed by atoms with E-state index in [1.165, 1.54) is 19.3 Å². The Bertz CT molecular complexity index is 833. The molecule has 4 rings (SSSR count). The fourth-order valence-corrected chi connectivity index (χ4v) is 3.06. The highest BCUT2D eigenvalue weighted by Crippen LogP contribution is 2.22. The highest BCUT2D eigenvalue weighted by atomic mass is 15.4. The number of aromatic nitrogens is 3. The molecule has 2 aromatic heterocycles. The molecule has 3 aromatic rings. The van der Waals surface area contributed by atoms with Crippen molar-refractivity contribution in [3.8, 4) is 16.9 Å². The monoisotopic (exact) mass is 331 g/mol. The van der Waals surface area contributed by atoms with Crippen molar-refractivity contribution in [1.29, 1.82) is 0 Å². The number of rotatable bonds is 4. The Labute approximate surface area is 147 Å². The van der Waals surface area contributed by atoms with Gasteiger partial charge in [0, 0.05) is 42.8 Å². The Morgan fingerprint density at radius 3 is 2.56 bits per heavy atom. The minimum absolute atomic E-state index is 0.901. The summed E-state index contributed by atoms with van der Waals surface area (Å²) < 4.78 is 1.90. The number of hydrogen-bond donors (Lipinski definition) is 0. The van der Waals surface area contributed by atoms with Gasteiger partial charge < -0.3 is 0 Å². The van der Waals surface area contributed by atoms with Crippen LogP contribution in [0.3, 0.4) is 0 Å². The van der Waals surface area contributed by atoms with E-state index >= 15 is 0 Å². The molecule has 1 saturated heterocycles. The first-order valence-corrected chi connectivity index (χ1v) is 8.74. The van der Waals surface area contributed by atoms with E-state index in [2.05, 4.69) is 15.1 Å². The zero-order valence-corrected chi connectivity index (χ0v) is 14.1. The van der Waals surface area contributed by atoms with Gasteiger partial charge in [0.25, 0.3) is 0 Å². The van der Waals surface area contributed by atoms with E-state index in [0.717, 1.165) is 35.6 Å². The molecule has 0 amide bonds. The summed E-state index contributed by atoms with van der Waals surface area (Å²) in [5, 5.41) is 11.6. The minimum atomic E-state index is 0.901. The van der Waals surface area contributed by atoms with Crippen molar-refractivity contribution in [2.75, 3.05) is 13.1 Å². The number of nitrogens with zero attached hydrogens (tertiary/aromatic N) is 5. The summed E-state index contributed by atoms with van der Waals surface area (Å²) in [6.07, 6.45) is 11.3. The van der Waals surface area contributed by atoms with Gasteiger partial charge in [-0.3, -0.25) is 9.99 Å². The lowest BCUT2D eigenvalue weighted by Crippen LogP contribution is -2.24. The lowest BCUT2D eigenvalue weighted by atomic mass is 10.1. The molecule has 1 aromatic carbocycles. The second-order valence-corrected chi connectivity index (χ2v) is 6.21. The van der Waals surface area contributed by atoms with Crippen LogP contribution in [-0.4, -0.2) is 39.1 Å². The van der Waals surface area contributed by atoms with E-state index < -0.39 is 0 Å². The molecule has 0 atom stereocenters. The van der Waals surface area contributed by atoms with Gasteiger partial charge >= 0.3 is 0 Å². The van der Waals surface area contributed by atoms with Crippen LogP contribution < -0.4 is 0 Å². The third kappa shape index (κ3) is 3.60. The molecule has 0 radical (unpaired) electrons. The topological polar surface area (TPSA) is 46.3 Å². The summed E-state index contributed by atoms with van der Waals surface area (Å²) in [6.45, 7) is 2.07. The van der Waals surface area contributed by atoms with Crippen LogP contribution in [0.15, 0.2) is 66.2 Å². The van der Waals surface area contributed by atoms with E-state index in [9.17, 15) is 0 Å². The van der Waals surface area contributed by atoms with E-state index in [1.807, 2.05) is 65.8 Å². The van der Waals surface area contributed by atoms with Gasteiger partial charge in [-0.25, -0.2) is 4.68 Å². The van der Waals surface area contributed by atoms with E-state index in [4.69, 9.17) is 5.10 Å². The Morgan fingerprint density at radius 2 is 1.80 bits per heavy atom. The first-order chi connectivity index (χ1) is 12.4. The number of para-hydroxylation sites is 1. The Kier molecular flexibility index (Phi) is 4.55. The Morgan fingerprint density at radius 1 is 0.960 bits per heavy atom. The molecule has 25 heavy (non-hydrogen) atoms. The molecule has 0 bridgehead atoms. The van der Waals surface area contributed by atoms with E-state index in [0.29, 0.717) is 0 Å². The molecule has 5 nitrogen and oxygen atoms in total. The number of hydrazone groups is 1. The molecule has 0 spiro atoms. The van der Waals surface area contributed by atoms with Crippen LogP contribution in [0, 0.1) is 0 Å². The molecule has 0 saturated carbocycles. The molecular formula is C20H21N5. The van der Waals surface area contributed by atoms with Crippen LogP contribution in [0.2, 0.25) is 0 Å². The van der Waals surface area contributed by atoms with Crippen molar-refractivity contribution in [2.24, 2.45) is 5.10 Å². The molecule has 1 fully saturated rings. The standard InChI is InChI=1S/C20H21N5/c1-3-9-19(10-4-1)25-16-18(15-22-24-12-5-2-6-13-24)20(23-25)17-8-7-11-21-14-17/h1,3-4,7-11,14-16H,2,5-6,12-13H2. The second-order valence-electron chi connectivity index (χ2n) is 6.21. The van der Waals surface area contributed by atoms with E-state index in [1.54, 1.807) is 6.20 Å². The van der Waals surface area contributed by atoms with Crippen molar-refractivity contribution >= 4 is 6.21 Å². The van der Waals surface area contributed by atoms with Crippen LogP contribution in [-0.2, 0) is 0 Å². The van der Waals surface area contributed by atoms with E-state index in [-0.39, 0.29) is 0 Å². The van der Waals surface area contributed by atoms with Crippen LogP contribution in [0.25, 0.3) is 16.9 Å². The van der Waals surface area contributed by atoms with Crippen molar-refractivity contribution < 1.29 is 0 Å². The molecule has 5 heteroatoms. The number of pyridine rings is 1. The third-order valence-corrected chi connectivity index (χ3v) is 4.39. The van der Waals surface area contributed by atoms with Gasteiger partial charge in [-0.2, -0.15) is 10.2 Å². The van der Waals surface area contributed by atoms with Gasteiger partial charge in [0.1, 0.15) is 5.69 Å². The van der Waals surface area contributed by atoms with Crippen LogP contribution >= 0.6 is 0 Å². The SMILES string of the molecule is C(=NN1CCCCC1)c1cn(-c2ccccc2)nc1-c1cccnc1. The van der Waals surface area contributed by atoms with Crippen molar-refractivity contribution in [3.63, 3.8) is 0 Å². The maximum Gasteiger partial charge on any atom is 0.103 e. The normalized spacial score (nSPS) is 15.0. The summed E-state index contributed by atoms with van der Waals surface area (Å²) in [7, 11) is 0. The largest absolute Gasteiger partial charge is 0.297 e. The zero-order chi connectivity index (χ0) is 16.9. The predicted molar refractivity (Wildman–Crippen MR) is 99.8 cm³/mol. The zero-order valence-electron chi connectivity index (χ0n) is 14.1. The summed E-state index contributed by atoms with van der Waals surface area (Å²) in [4.78, 5) is 4.23. The van der Waals surface area contributed by atoms with Crippen molar-refractivity contribution in [3.05, 3.63) is 66.6 Å². The molecular weight excluding hydrogens is 310 g/mol. The van der Waals surface area contributed by atoms with Gasteiger partial charge in [-0.05, 0) is 43.5 Å². The van der Waals surface area contributed by atoms with Crippen LogP contribution in [0.5, 0.6) is 0 Å². The highest BCUT2D eigenvalue weighted by molar-refractivity contribution is 5.88. The first kappa shape index (κ1) is 15.6. The molecule has 0 unspecified atom stereocenters. The summed E-state index contributed by atoms with van der Waals surface area (Å²) in [5.41, 5.74) is 3.93. The number of hydrogen-bond acceptors (Lipinski definition) is 4. The summed E-state index contributed by atoms with van der Waals surface area (Å²) >= 11 is 0. The number of piperidine rings is 1. The van der Waals surface area contributed by atoms with Crippen LogP contribution in [0.1, 0.15) is 24.8 Å². The van der Waals surface area contributed by atoms with Crippen LogP contribution in [0.4, 0.5) is 0 Å². The molecule has 3 heterocycles. The minimum Gasteiger partial charge on any atom is -0.297 e. The fourth-order valence-electron chi connectivity index (χ4n) is 3.06. The molecule has 0 aliphatic carbocycles. The second kappa shape index (κ2) is 7.30. The summed E-state index contributed by atoms with van der Waals surface area (Å²) in [5.74, 6) is 0. The molecule has 0 N–H and O–H groups in total. The smallest absolute Gasteiger partial charge is 0.103 e. The predicted octanol–water partition coefficient (Wildman–Crippen LogP) is 3.75. The average molecular weight is 331 g/mol. The van der Waals surface area contributed by atoms with Gasteiger partial charge in [0.15, 0.2) is 0 Å². The first-order valence-electron chi connectivity index (χ1n) is 8.74. The fraction of sp³-hybridized carbons (Fsp3) is 0.250. The van der Waals surface area contributed by atoms with Crippen molar-refractivity contribution in [2.45, 2.75) is 19.3 Å². The Balaban J connectivity index is 1.70. The maximum atomic E-state index is 4.78. The lowest BCUT2D eigenvalue weighted by Gasteiger charge is -2.23. The lowest BCUT2D eigenvalue weighted by molar-refractivity contribution is 0.240. The molecule has 1 aliphatic rings. The van der Waals surface area contributed by atoms with Gasteiger partial charge in [0.05, 0.1) is 11.9 Å². The van der Waals surface area contributed by atoms with Gasteiger partial charge in [-0.1, -0.05) is 18.2 Å². The maximum absolute atomic E-state index is 4.78. The average Bonchev–Trinajstić information content (AvgIpc) is 3.13. The number of benzene rings is 1. The third-order valence-electron chi connectivity index (χ3n) is 4.39. The Hall–Kier alpha value is -2.95. The quantitative estimate of drug-likeness (QED) is 0.684. The molecule has 126 valence electrons. The van der Waals surface area contributed by atoms with Crippen molar-refractivity contribution in [1.82, 2.24) is 19.8 Å². The highest BCUT2D eigenvalue weighted by Gasteiger charge is 2.12. The van der Waals surface area contributed by atoms with Gasteiger partial charge in [0.2, 0.25) is 0 Å². The summed E-state index contributed by atoms with van der Waals surface area (Å²) in [6, 6.07) is 14.1. The molecule has 1 aliphatic heterocycles. The van der Waals surface area contributed by atoms with Gasteiger partial charge in [-0.15, -0.1) is 0 Å².